The van der Waals surface area contributed by atoms with Gasteiger partial charge < -0.3 is 15.8 Å². The second-order valence-electron chi connectivity index (χ2n) is 5.63. The number of amides is 1. The number of carbonyl (C=O) groups excluding carboxylic acids is 1. The van der Waals surface area contributed by atoms with Crippen LogP contribution in [-0.4, -0.2) is 49.7 Å². The van der Waals surface area contributed by atoms with Crippen LogP contribution in [0.5, 0.6) is 0 Å². The maximum Gasteiger partial charge on any atom is 0.222 e. The van der Waals surface area contributed by atoms with Gasteiger partial charge in [0.25, 0.3) is 0 Å². The van der Waals surface area contributed by atoms with Crippen LogP contribution in [0.15, 0.2) is 30.3 Å². The molecule has 1 fully saturated rings. The Kier molecular flexibility index (Phi) is 11.2. The molecule has 0 bridgehead atoms. The Labute approximate surface area is 150 Å². The minimum atomic E-state index is -0.121. The molecule has 2 atom stereocenters. The molecule has 0 spiro atoms. The molecule has 0 radical (unpaired) electrons. The van der Waals surface area contributed by atoms with E-state index in [9.17, 15) is 4.79 Å². The van der Waals surface area contributed by atoms with Crippen LogP contribution >= 0.6 is 24.8 Å². The summed E-state index contributed by atoms with van der Waals surface area (Å²) < 4.78 is 5.38. The minimum absolute atomic E-state index is 0. The lowest BCUT2D eigenvalue weighted by atomic mass is 10.1. The third-order valence-corrected chi connectivity index (χ3v) is 3.59. The van der Waals surface area contributed by atoms with Crippen molar-refractivity contribution < 1.29 is 9.53 Å². The molecule has 1 aliphatic rings. The number of nitrogens with one attached hydrogen (secondary N) is 1. The molecule has 1 aliphatic heterocycles. The third kappa shape index (κ3) is 7.99. The highest BCUT2D eigenvalue weighted by Crippen LogP contribution is 2.15. The van der Waals surface area contributed by atoms with Crippen molar-refractivity contribution in [3.63, 3.8) is 0 Å². The molecule has 3 N–H and O–H groups in total. The van der Waals surface area contributed by atoms with Crippen molar-refractivity contribution in [2.24, 2.45) is 5.73 Å². The number of hydrogen-bond acceptors (Lipinski definition) is 4. The Bertz CT molecular complexity index is 440. The second kappa shape index (κ2) is 11.6. The molecule has 1 heterocycles. The number of benzene rings is 1. The Morgan fingerprint density at radius 1 is 1.26 bits per heavy atom. The predicted molar refractivity (Wildman–Crippen MR) is 97.3 cm³/mol. The van der Waals surface area contributed by atoms with E-state index >= 15 is 0 Å². The van der Waals surface area contributed by atoms with Crippen molar-refractivity contribution in [3.8, 4) is 0 Å². The van der Waals surface area contributed by atoms with Crippen LogP contribution in [0, 0.1) is 0 Å². The summed E-state index contributed by atoms with van der Waals surface area (Å²) in [6.45, 7) is 5.99. The van der Waals surface area contributed by atoms with Gasteiger partial charge in [0.15, 0.2) is 0 Å². The van der Waals surface area contributed by atoms with Crippen molar-refractivity contribution >= 4 is 30.7 Å². The number of nitrogens with zero attached hydrogens (tertiary/aromatic N) is 1. The summed E-state index contributed by atoms with van der Waals surface area (Å²) in [6.07, 6.45) is 0.354. The highest BCUT2D eigenvalue weighted by atomic mass is 35.5. The van der Waals surface area contributed by atoms with E-state index in [1.54, 1.807) is 0 Å². The molecule has 0 aliphatic carbocycles. The van der Waals surface area contributed by atoms with Crippen LogP contribution in [-0.2, 0) is 9.53 Å². The summed E-state index contributed by atoms with van der Waals surface area (Å²) in [4.78, 5) is 14.4. The number of morpholine rings is 1. The summed E-state index contributed by atoms with van der Waals surface area (Å²) in [7, 11) is 0. The normalized spacial score (nSPS) is 17.3. The summed E-state index contributed by atoms with van der Waals surface area (Å²) in [5.74, 6) is 0.00659. The molecular formula is C16H27Cl2N3O2. The van der Waals surface area contributed by atoms with Crippen LogP contribution in [0.3, 0.4) is 0 Å². The summed E-state index contributed by atoms with van der Waals surface area (Å²) in [5.41, 5.74) is 6.83. The lowest BCUT2D eigenvalue weighted by molar-refractivity contribution is -0.122. The zero-order chi connectivity index (χ0) is 15.1. The van der Waals surface area contributed by atoms with Gasteiger partial charge in [-0.05, 0) is 12.5 Å². The first-order valence-electron chi connectivity index (χ1n) is 7.55. The van der Waals surface area contributed by atoms with E-state index in [-0.39, 0.29) is 42.8 Å². The molecule has 23 heavy (non-hydrogen) atoms. The molecule has 1 saturated heterocycles. The van der Waals surface area contributed by atoms with Crippen LogP contribution in [0.2, 0.25) is 0 Å². The molecule has 0 saturated carbocycles. The lowest BCUT2D eigenvalue weighted by Gasteiger charge is -2.31. The first kappa shape index (κ1) is 22.1. The maximum atomic E-state index is 12.0. The van der Waals surface area contributed by atoms with Crippen molar-refractivity contribution in [1.29, 1.82) is 0 Å². The molecule has 132 valence electrons. The van der Waals surface area contributed by atoms with Gasteiger partial charge in [0.05, 0.1) is 19.3 Å². The number of nitrogens with two attached hydrogens (primary N) is 1. The predicted octanol–water partition coefficient (Wildman–Crippen LogP) is 1.76. The monoisotopic (exact) mass is 363 g/mol. The van der Waals surface area contributed by atoms with Crippen LogP contribution < -0.4 is 11.1 Å². The largest absolute Gasteiger partial charge is 0.379 e. The number of halogens is 2. The average molecular weight is 364 g/mol. The smallest absolute Gasteiger partial charge is 0.222 e. The van der Waals surface area contributed by atoms with Gasteiger partial charge in [0.2, 0.25) is 5.91 Å². The first-order valence-corrected chi connectivity index (χ1v) is 7.55. The maximum absolute atomic E-state index is 12.0. The van der Waals surface area contributed by atoms with Gasteiger partial charge in [-0.25, -0.2) is 0 Å². The number of carbonyl (C=O) groups is 1. The fourth-order valence-corrected chi connectivity index (χ4v) is 2.51. The Hall–Kier alpha value is -0.850. The Morgan fingerprint density at radius 3 is 2.43 bits per heavy atom. The van der Waals surface area contributed by atoms with Crippen LogP contribution in [0.25, 0.3) is 0 Å². The second-order valence-corrected chi connectivity index (χ2v) is 5.63. The van der Waals surface area contributed by atoms with Gasteiger partial charge in [-0.15, -0.1) is 24.8 Å². The van der Waals surface area contributed by atoms with E-state index in [0.29, 0.717) is 6.42 Å². The van der Waals surface area contributed by atoms with Crippen molar-refractivity contribution in [2.75, 3.05) is 32.8 Å². The molecule has 1 aromatic carbocycles. The zero-order valence-corrected chi connectivity index (χ0v) is 15.1. The van der Waals surface area contributed by atoms with E-state index in [4.69, 9.17) is 10.5 Å². The van der Waals surface area contributed by atoms with Gasteiger partial charge in [0.1, 0.15) is 0 Å². The Morgan fingerprint density at radius 2 is 1.87 bits per heavy atom. The molecule has 1 aromatic rings. The standard InChI is InChI=1S/C16H25N3O2.2ClH/c1-13(17)11-16(20)18-15(14-5-3-2-4-6-14)12-19-7-9-21-10-8-19;;/h2-6,13,15H,7-12,17H2,1H3,(H,18,20);2*1H. The van der Waals surface area contributed by atoms with Gasteiger partial charge in [-0.3, -0.25) is 9.69 Å². The minimum Gasteiger partial charge on any atom is -0.379 e. The average Bonchev–Trinajstić information content (AvgIpc) is 2.48. The molecule has 1 amide bonds. The van der Waals surface area contributed by atoms with Gasteiger partial charge >= 0.3 is 0 Å². The molecule has 5 nitrogen and oxygen atoms in total. The lowest BCUT2D eigenvalue weighted by Crippen LogP contribution is -2.43. The van der Waals surface area contributed by atoms with Crippen LogP contribution in [0.4, 0.5) is 0 Å². The summed E-state index contributed by atoms with van der Waals surface area (Å²) >= 11 is 0. The fraction of sp³-hybridized carbons (Fsp3) is 0.562. The topological polar surface area (TPSA) is 67.6 Å². The van der Waals surface area contributed by atoms with Gasteiger partial charge in [0, 0.05) is 32.1 Å². The summed E-state index contributed by atoms with van der Waals surface area (Å²) in [6, 6.07) is 9.96. The van der Waals surface area contributed by atoms with E-state index in [1.165, 1.54) is 0 Å². The molecule has 2 rings (SSSR count). The SMILES string of the molecule is CC(N)CC(=O)NC(CN1CCOCC1)c1ccccc1.Cl.Cl. The highest BCUT2D eigenvalue weighted by Gasteiger charge is 2.20. The van der Waals surface area contributed by atoms with Crippen LogP contribution in [0.1, 0.15) is 24.9 Å². The molecule has 2 unspecified atom stereocenters. The summed E-state index contributed by atoms with van der Waals surface area (Å²) in [5, 5.41) is 3.11. The third-order valence-electron chi connectivity index (χ3n) is 3.59. The van der Waals surface area contributed by atoms with E-state index in [1.807, 2.05) is 25.1 Å². The molecule has 7 heteroatoms. The van der Waals surface area contributed by atoms with E-state index in [0.717, 1.165) is 38.4 Å². The number of rotatable bonds is 6. The van der Waals surface area contributed by atoms with E-state index in [2.05, 4.69) is 22.3 Å². The van der Waals surface area contributed by atoms with Crippen molar-refractivity contribution in [3.05, 3.63) is 35.9 Å². The number of hydrogen-bond donors (Lipinski definition) is 2. The number of ether oxygens (including phenoxy) is 1. The highest BCUT2D eigenvalue weighted by molar-refractivity contribution is 5.85. The molecule has 0 aromatic heterocycles. The van der Waals surface area contributed by atoms with Crippen molar-refractivity contribution in [1.82, 2.24) is 10.2 Å². The van der Waals surface area contributed by atoms with E-state index < -0.39 is 0 Å². The quantitative estimate of drug-likeness (QED) is 0.807. The zero-order valence-electron chi connectivity index (χ0n) is 13.4. The van der Waals surface area contributed by atoms with Gasteiger partial charge in [-0.2, -0.15) is 0 Å². The fourth-order valence-electron chi connectivity index (χ4n) is 2.51. The van der Waals surface area contributed by atoms with Gasteiger partial charge in [-0.1, -0.05) is 30.3 Å². The Balaban J connectivity index is 0.00000242. The van der Waals surface area contributed by atoms with Crippen molar-refractivity contribution in [2.45, 2.75) is 25.4 Å². The molecular weight excluding hydrogens is 337 g/mol. The first-order chi connectivity index (χ1) is 10.1.